The first-order valence-corrected chi connectivity index (χ1v) is 7.37. The molecule has 3 nitrogen and oxygen atoms in total. The summed E-state index contributed by atoms with van der Waals surface area (Å²) in [6, 6.07) is 8.56. The molecule has 110 valence electrons. The van der Waals surface area contributed by atoms with Gasteiger partial charge in [0.1, 0.15) is 0 Å². The summed E-state index contributed by atoms with van der Waals surface area (Å²) in [4.78, 5) is 0. The van der Waals surface area contributed by atoms with Crippen LogP contribution in [0.5, 0.6) is 0 Å². The molecule has 2 heterocycles. The quantitative estimate of drug-likeness (QED) is 0.782. The predicted octanol–water partition coefficient (Wildman–Crippen LogP) is 3.82. The van der Waals surface area contributed by atoms with Gasteiger partial charge in [-0.1, -0.05) is 18.1 Å². The fraction of sp³-hybridized carbons (Fsp3) is 0.412. The van der Waals surface area contributed by atoms with Gasteiger partial charge in [-0.25, -0.2) is 0 Å². The van der Waals surface area contributed by atoms with Crippen molar-refractivity contribution in [1.82, 2.24) is 4.57 Å². The zero-order valence-electron chi connectivity index (χ0n) is 13.4. The fourth-order valence-corrected chi connectivity index (χ4v) is 2.56. The maximum absolute atomic E-state index is 5.96. The normalized spacial score (nSPS) is 20.7. The summed E-state index contributed by atoms with van der Waals surface area (Å²) in [5, 5.41) is 1.24. The molecule has 2 aromatic rings. The summed E-state index contributed by atoms with van der Waals surface area (Å²) in [7, 11) is 1.77. The maximum Gasteiger partial charge on any atom is 0.487 e. The zero-order valence-corrected chi connectivity index (χ0v) is 13.4. The van der Waals surface area contributed by atoms with Crippen LogP contribution in [0.25, 0.3) is 17.0 Å². The predicted molar refractivity (Wildman–Crippen MR) is 88.0 cm³/mol. The monoisotopic (exact) mass is 283 g/mol. The highest BCUT2D eigenvalue weighted by Crippen LogP contribution is 2.37. The summed E-state index contributed by atoms with van der Waals surface area (Å²) in [5.74, 6) is 1.99. The lowest BCUT2D eigenvalue weighted by molar-refractivity contribution is 0.00578. The molecule has 0 spiro atoms. The average Bonchev–Trinajstić information content (AvgIpc) is 2.85. The third-order valence-electron chi connectivity index (χ3n) is 4.63. The van der Waals surface area contributed by atoms with Gasteiger partial charge in [0.15, 0.2) is 0 Å². The minimum atomic E-state index is -0.290. The molecule has 0 radical (unpaired) electrons. The van der Waals surface area contributed by atoms with Gasteiger partial charge in [0.05, 0.1) is 11.2 Å². The van der Waals surface area contributed by atoms with E-state index in [1.165, 1.54) is 10.9 Å². The number of aryl methyl sites for hydroxylation is 1. The van der Waals surface area contributed by atoms with Crippen molar-refractivity contribution in [3.63, 3.8) is 0 Å². The summed E-state index contributed by atoms with van der Waals surface area (Å²) < 4.78 is 14.1. The molecule has 0 atom stereocenters. The second kappa shape index (κ2) is 4.75. The zero-order chi connectivity index (χ0) is 15.3. The lowest BCUT2D eigenvalue weighted by Crippen LogP contribution is -2.41. The van der Waals surface area contributed by atoms with E-state index in [9.17, 15) is 0 Å². The van der Waals surface area contributed by atoms with Crippen LogP contribution in [-0.4, -0.2) is 22.9 Å². The largest absolute Gasteiger partial charge is 0.487 e. The number of fused-ring (bicyclic) bond motifs is 1. The van der Waals surface area contributed by atoms with Gasteiger partial charge in [0.25, 0.3) is 0 Å². The van der Waals surface area contributed by atoms with E-state index in [2.05, 4.69) is 75.8 Å². The molecule has 1 fully saturated rings. The molecule has 0 bridgehead atoms. The Morgan fingerprint density at radius 1 is 1.05 bits per heavy atom. The van der Waals surface area contributed by atoms with E-state index in [0.717, 1.165) is 5.56 Å². The highest BCUT2D eigenvalue weighted by molar-refractivity contribution is 6.52. The molecule has 0 N–H and O–H groups in total. The Morgan fingerprint density at radius 2 is 1.71 bits per heavy atom. The van der Waals surface area contributed by atoms with Crippen LogP contribution in [0, 0.1) is 0 Å². The Morgan fingerprint density at radius 3 is 2.38 bits per heavy atom. The van der Waals surface area contributed by atoms with Gasteiger partial charge in [0.2, 0.25) is 0 Å². The molecule has 0 amide bonds. The molecule has 3 rings (SSSR count). The number of hydrogen-bond donors (Lipinski definition) is 0. The Labute approximate surface area is 126 Å². The fourth-order valence-electron chi connectivity index (χ4n) is 2.56. The second-order valence-electron chi connectivity index (χ2n) is 6.73. The van der Waals surface area contributed by atoms with Gasteiger partial charge < -0.3 is 13.9 Å². The summed E-state index contributed by atoms with van der Waals surface area (Å²) in [5.41, 5.74) is 1.82. The number of benzene rings is 1. The third kappa shape index (κ3) is 2.54. The van der Waals surface area contributed by atoms with Crippen molar-refractivity contribution in [2.24, 2.45) is 7.05 Å². The molecular weight excluding hydrogens is 261 g/mol. The molecule has 0 unspecified atom stereocenters. The summed E-state index contributed by atoms with van der Waals surface area (Å²) >= 11 is 0. The third-order valence-corrected chi connectivity index (χ3v) is 4.63. The molecule has 1 aliphatic rings. The van der Waals surface area contributed by atoms with Gasteiger partial charge in [-0.05, 0) is 51.5 Å². The Kier molecular flexibility index (Phi) is 3.26. The first-order valence-electron chi connectivity index (χ1n) is 7.37. The van der Waals surface area contributed by atoms with Crippen LogP contribution >= 0.6 is 0 Å². The van der Waals surface area contributed by atoms with E-state index in [1.54, 1.807) is 0 Å². The van der Waals surface area contributed by atoms with Crippen molar-refractivity contribution < 1.29 is 9.31 Å². The first kappa shape index (κ1) is 14.4. The smallest absolute Gasteiger partial charge is 0.400 e. The maximum atomic E-state index is 5.96. The molecule has 1 aromatic heterocycles. The van der Waals surface area contributed by atoms with Crippen LogP contribution in [0.2, 0.25) is 0 Å². The molecule has 1 aromatic carbocycles. The standard InChI is InChI=1S/C17H22BNO2/c1-16(2)17(3,4)21-18(20-16)10-8-13-6-7-15-14(12-13)9-11-19(15)5/h6-12H,1-5H3/b10-8+. The van der Waals surface area contributed by atoms with Gasteiger partial charge in [0, 0.05) is 24.1 Å². The van der Waals surface area contributed by atoms with E-state index in [4.69, 9.17) is 9.31 Å². The molecule has 0 aliphatic carbocycles. The van der Waals surface area contributed by atoms with Crippen LogP contribution in [0.4, 0.5) is 0 Å². The van der Waals surface area contributed by atoms with Gasteiger partial charge in [-0.3, -0.25) is 0 Å². The Balaban J connectivity index is 1.79. The van der Waals surface area contributed by atoms with Crippen molar-refractivity contribution in [3.05, 3.63) is 42.0 Å². The first-order chi connectivity index (χ1) is 9.78. The SMILES string of the molecule is Cn1ccc2cc(/C=C/B3OC(C)(C)C(C)(C)O3)ccc21. The minimum absolute atomic E-state index is 0.286. The lowest BCUT2D eigenvalue weighted by Gasteiger charge is -2.32. The summed E-state index contributed by atoms with van der Waals surface area (Å²) in [6.45, 7) is 8.27. The van der Waals surface area contributed by atoms with E-state index >= 15 is 0 Å². The Bertz CT molecular complexity index is 684. The van der Waals surface area contributed by atoms with Crippen LogP contribution < -0.4 is 0 Å². The van der Waals surface area contributed by atoms with E-state index in [1.807, 2.05) is 5.98 Å². The number of aromatic nitrogens is 1. The lowest BCUT2D eigenvalue weighted by atomic mass is 9.89. The number of nitrogens with zero attached hydrogens (tertiary/aromatic N) is 1. The molecule has 0 saturated carbocycles. The molecule has 21 heavy (non-hydrogen) atoms. The highest BCUT2D eigenvalue weighted by atomic mass is 16.7. The van der Waals surface area contributed by atoms with Gasteiger partial charge in [-0.15, -0.1) is 0 Å². The summed E-state index contributed by atoms with van der Waals surface area (Å²) in [6.07, 6.45) is 4.14. The average molecular weight is 283 g/mol. The minimum Gasteiger partial charge on any atom is -0.400 e. The van der Waals surface area contributed by atoms with Crippen molar-refractivity contribution in [1.29, 1.82) is 0 Å². The molecule has 1 aliphatic heterocycles. The van der Waals surface area contributed by atoms with Crippen LogP contribution in [0.15, 0.2) is 36.4 Å². The van der Waals surface area contributed by atoms with Crippen molar-refractivity contribution in [2.75, 3.05) is 0 Å². The van der Waals surface area contributed by atoms with E-state index in [-0.39, 0.29) is 18.3 Å². The van der Waals surface area contributed by atoms with E-state index in [0.29, 0.717) is 0 Å². The molecule has 4 heteroatoms. The molecule has 1 saturated heterocycles. The van der Waals surface area contributed by atoms with E-state index < -0.39 is 0 Å². The topological polar surface area (TPSA) is 23.4 Å². The Hall–Kier alpha value is -1.52. The highest BCUT2D eigenvalue weighted by Gasteiger charge is 2.49. The van der Waals surface area contributed by atoms with Gasteiger partial charge >= 0.3 is 7.12 Å². The van der Waals surface area contributed by atoms with Crippen LogP contribution in [0.1, 0.15) is 33.3 Å². The second-order valence-corrected chi connectivity index (χ2v) is 6.73. The number of rotatable bonds is 2. The van der Waals surface area contributed by atoms with Crippen molar-refractivity contribution in [3.8, 4) is 0 Å². The van der Waals surface area contributed by atoms with Crippen molar-refractivity contribution in [2.45, 2.75) is 38.9 Å². The van der Waals surface area contributed by atoms with Crippen LogP contribution in [0.3, 0.4) is 0 Å². The van der Waals surface area contributed by atoms with Crippen LogP contribution in [-0.2, 0) is 16.4 Å². The van der Waals surface area contributed by atoms with Gasteiger partial charge in [-0.2, -0.15) is 0 Å². The number of hydrogen-bond acceptors (Lipinski definition) is 2. The molecular formula is C17H22BNO2. The van der Waals surface area contributed by atoms with Crippen molar-refractivity contribution >= 4 is 24.1 Å².